The van der Waals surface area contributed by atoms with Crippen LogP contribution in [-0.4, -0.2) is 19.0 Å². The molecule has 0 aliphatic rings. The number of aryl methyl sites for hydroxylation is 1. The topological polar surface area (TPSA) is 52.6 Å². The van der Waals surface area contributed by atoms with Crippen LogP contribution in [-0.2, 0) is 14.3 Å². The summed E-state index contributed by atoms with van der Waals surface area (Å²) >= 11 is 5.77. The highest BCUT2D eigenvalue weighted by molar-refractivity contribution is 6.31. The van der Waals surface area contributed by atoms with Crippen molar-refractivity contribution in [2.75, 3.05) is 7.11 Å². The van der Waals surface area contributed by atoms with E-state index in [9.17, 15) is 9.59 Å². The van der Waals surface area contributed by atoms with Crippen molar-refractivity contribution in [3.63, 3.8) is 0 Å². The summed E-state index contributed by atoms with van der Waals surface area (Å²) in [6.07, 6.45) is 0. The van der Waals surface area contributed by atoms with Crippen LogP contribution in [0.2, 0.25) is 5.02 Å². The third-order valence-corrected chi connectivity index (χ3v) is 2.12. The quantitative estimate of drug-likeness (QED) is 0.417. The van der Waals surface area contributed by atoms with Gasteiger partial charge in [-0.25, -0.2) is 9.59 Å². The maximum absolute atomic E-state index is 11.0. The normalized spacial score (nSPS) is 9.53. The Morgan fingerprint density at radius 2 is 1.93 bits per heavy atom. The van der Waals surface area contributed by atoms with Crippen molar-refractivity contribution in [2.24, 2.45) is 0 Å². The largest absolute Gasteiger partial charge is 0.461 e. The van der Waals surface area contributed by atoms with E-state index in [0.717, 1.165) is 12.7 Å². The molecule has 0 N–H and O–H groups in total. The summed E-state index contributed by atoms with van der Waals surface area (Å²) in [7, 11) is 1.11. The fraction of sp³-hybridized carbons (Fsp3) is 0.200. The van der Waals surface area contributed by atoms with E-state index in [2.05, 4.69) is 4.74 Å². The Bertz CT molecular complexity index is 400. The van der Waals surface area contributed by atoms with E-state index in [-0.39, 0.29) is 5.75 Å². The van der Waals surface area contributed by atoms with Crippen LogP contribution in [0.5, 0.6) is 5.75 Å². The molecule has 0 aromatic heterocycles. The van der Waals surface area contributed by atoms with E-state index in [1.165, 1.54) is 6.07 Å². The second kappa shape index (κ2) is 4.79. The van der Waals surface area contributed by atoms with Crippen molar-refractivity contribution >= 4 is 23.5 Å². The molecule has 0 saturated heterocycles. The first-order valence-electron chi connectivity index (χ1n) is 4.11. The SMILES string of the molecule is COC(=O)C(=O)Oc1ccc(Cl)c(C)c1. The minimum atomic E-state index is -1.06. The molecule has 0 fully saturated rings. The Morgan fingerprint density at radius 3 is 2.47 bits per heavy atom. The zero-order valence-electron chi connectivity index (χ0n) is 8.24. The number of hydrogen-bond acceptors (Lipinski definition) is 4. The van der Waals surface area contributed by atoms with Gasteiger partial charge in [-0.2, -0.15) is 0 Å². The standard InChI is InChI=1S/C10H9ClO4/c1-6-5-7(3-4-8(6)11)15-10(13)9(12)14-2/h3-5H,1-2H3. The van der Waals surface area contributed by atoms with Crippen LogP contribution in [0.15, 0.2) is 18.2 Å². The van der Waals surface area contributed by atoms with Gasteiger partial charge in [0.25, 0.3) is 0 Å². The lowest BCUT2D eigenvalue weighted by atomic mass is 10.2. The van der Waals surface area contributed by atoms with Gasteiger partial charge in [-0.1, -0.05) is 11.6 Å². The summed E-state index contributed by atoms with van der Waals surface area (Å²) in [5.41, 5.74) is 0.756. The zero-order valence-corrected chi connectivity index (χ0v) is 9.00. The van der Waals surface area contributed by atoms with Crippen molar-refractivity contribution in [2.45, 2.75) is 6.92 Å². The van der Waals surface area contributed by atoms with Crippen molar-refractivity contribution in [3.05, 3.63) is 28.8 Å². The second-order valence-electron chi connectivity index (χ2n) is 2.79. The van der Waals surface area contributed by atoms with E-state index < -0.39 is 11.9 Å². The monoisotopic (exact) mass is 228 g/mol. The van der Waals surface area contributed by atoms with E-state index >= 15 is 0 Å². The number of ether oxygens (including phenoxy) is 2. The van der Waals surface area contributed by atoms with Crippen LogP contribution in [0.1, 0.15) is 5.56 Å². The van der Waals surface area contributed by atoms with Crippen LogP contribution in [0.3, 0.4) is 0 Å². The van der Waals surface area contributed by atoms with Crippen molar-refractivity contribution in [1.82, 2.24) is 0 Å². The molecule has 0 aliphatic carbocycles. The number of hydrogen-bond donors (Lipinski definition) is 0. The van der Waals surface area contributed by atoms with E-state index in [1.54, 1.807) is 19.1 Å². The fourth-order valence-corrected chi connectivity index (χ4v) is 1.03. The van der Waals surface area contributed by atoms with Gasteiger partial charge in [0.05, 0.1) is 7.11 Å². The fourth-order valence-electron chi connectivity index (χ4n) is 0.913. The molecule has 0 atom stereocenters. The Hall–Kier alpha value is -1.55. The average molecular weight is 229 g/mol. The number of esters is 2. The summed E-state index contributed by atoms with van der Waals surface area (Å²) in [5, 5.41) is 0.563. The van der Waals surface area contributed by atoms with Crippen molar-refractivity contribution in [1.29, 1.82) is 0 Å². The summed E-state index contributed by atoms with van der Waals surface area (Å²) in [5.74, 6) is -1.84. The average Bonchev–Trinajstić information content (AvgIpc) is 2.22. The van der Waals surface area contributed by atoms with Crippen LogP contribution < -0.4 is 4.74 Å². The first kappa shape index (κ1) is 11.5. The molecule has 0 saturated carbocycles. The van der Waals surface area contributed by atoms with E-state index in [0.29, 0.717) is 5.02 Å². The van der Waals surface area contributed by atoms with Crippen LogP contribution in [0, 0.1) is 6.92 Å². The minimum Gasteiger partial charge on any atom is -0.461 e. The number of benzene rings is 1. The molecule has 1 rings (SSSR count). The van der Waals surface area contributed by atoms with Crippen LogP contribution >= 0.6 is 11.6 Å². The number of carbonyl (C=O) groups excluding carboxylic acids is 2. The molecule has 0 amide bonds. The predicted octanol–water partition coefficient (Wildman–Crippen LogP) is 1.73. The van der Waals surface area contributed by atoms with Gasteiger partial charge in [-0.3, -0.25) is 0 Å². The highest BCUT2D eigenvalue weighted by Crippen LogP contribution is 2.21. The van der Waals surface area contributed by atoms with Crippen LogP contribution in [0.4, 0.5) is 0 Å². The second-order valence-corrected chi connectivity index (χ2v) is 3.20. The molecule has 4 nitrogen and oxygen atoms in total. The number of methoxy groups -OCH3 is 1. The maximum atomic E-state index is 11.0. The predicted molar refractivity (Wildman–Crippen MR) is 53.8 cm³/mol. The molecule has 0 aliphatic heterocycles. The third kappa shape index (κ3) is 2.95. The molecule has 0 bridgehead atoms. The first-order valence-corrected chi connectivity index (χ1v) is 4.48. The lowest BCUT2D eigenvalue weighted by molar-refractivity contribution is -0.160. The maximum Gasteiger partial charge on any atom is 0.422 e. The molecule has 0 heterocycles. The molecule has 1 aromatic carbocycles. The molecule has 15 heavy (non-hydrogen) atoms. The summed E-state index contributed by atoms with van der Waals surface area (Å²) < 4.78 is 8.93. The Labute approximate surface area is 91.7 Å². The van der Waals surface area contributed by atoms with E-state index in [1.807, 2.05) is 0 Å². The molecule has 0 unspecified atom stereocenters. The Kier molecular flexibility index (Phi) is 3.68. The van der Waals surface area contributed by atoms with Crippen molar-refractivity contribution in [3.8, 4) is 5.75 Å². The first-order chi connectivity index (χ1) is 7.04. The minimum absolute atomic E-state index is 0.257. The highest BCUT2D eigenvalue weighted by atomic mass is 35.5. The number of rotatable bonds is 1. The van der Waals surface area contributed by atoms with Crippen molar-refractivity contribution < 1.29 is 19.1 Å². The van der Waals surface area contributed by atoms with Gasteiger partial charge >= 0.3 is 11.9 Å². The zero-order chi connectivity index (χ0) is 11.4. The van der Waals surface area contributed by atoms with Gasteiger partial charge in [-0.15, -0.1) is 0 Å². The molecule has 0 spiro atoms. The third-order valence-electron chi connectivity index (χ3n) is 1.69. The molecule has 0 radical (unpaired) electrons. The summed E-state index contributed by atoms with van der Waals surface area (Å²) in [6, 6.07) is 4.64. The van der Waals surface area contributed by atoms with Crippen LogP contribution in [0.25, 0.3) is 0 Å². The number of carbonyl (C=O) groups is 2. The lowest BCUT2D eigenvalue weighted by Crippen LogP contribution is -2.21. The Morgan fingerprint density at radius 1 is 1.27 bits per heavy atom. The molecule has 5 heteroatoms. The molecular weight excluding hydrogens is 220 g/mol. The molecule has 80 valence electrons. The Balaban J connectivity index is 2.77. The van der Waals surface area contributed by atoms with Gasteiger partial charge < -0.3 is 9.47 Å². The summed E-state index contributed by atoms with van der Waals surface area (Å²) in [6.45, 7) is 1.76. The highest BCUT2D eigenvalue weighted by Gasteiger charge is 2.16. The van der Waals surface area contributed by atoms with Gasteiger partial charge in [0.2, 0.25) is 0 Å². The summed E-state index contributed by atoms with van der Waals surface area (Å²) in [4.78, 5) is 21.8. The molecule has 1 aromatic rings. The van der Waals surface area contributed by atoms with E-state index in [4.69, 9.17) is 16.3 Å². The van der Waals surface area contributed by atoms with Gasteiger partial charge in [-0.05, 0) is 30.7 Å². The smallest absolute Gasteiger partial charge is 0.422 e. The van der Waals surface area contributed by atoms with Gasteiger partial charge in [0, 0.05) is 5.02 Å². The number of halogens is 1. The molecular formula is C10H9ClO4. The van der Waals surface area contributed by atoms with Gasteiger partial charge in [0.1, 0.15) is 5.75 Å². The lowest BCUT2D eigenvalue weighted by Gasteiger charge is -2.04. The van der Waals surface area contributed by atoms with Gasteiger partial charge in [0.15, 0.2) is 0 Å².